The summed E-state index contributed by atoms with van der Waals surface area (Å²) in [4.78, 5) is 0. The molecule has 0 amide bonds. The molecule has 0 aliphatic carbocycles. The lowest BCUT2D eigenvalue weighted by Gasteiger charge is -2.19. The molecule has 108 valence electrons. The first-order valence-corrected chi connectivity index (χ1v) is 7.50. The predicted molar refractivity (Wildman–Crippen MR) is 82.5 cm³/mol. The van der Waals surface area contributed by atoms with Gasteiger partial charge in [-0.3, -0.25) is 0 Å². The van der Waals surface area contributed by atoms with Crippen LogP contribution in [0.25, 0.3) is 0 Å². The van der Waals surface area contributed by atoms with Crippen molar-refractivity contribution >= 4 is 11.6 Å². The highest BCUT2D eigenvalue weighted by Gasteiger charge is 2.31. The highest BCUT2D eigenvalue weighted by Crippen LogP contribution is 2.30. The molecule has 0 spiro atoms. The van der Waals surface area contributed by atoms with Gasteiger partial charge in [-0.05, 0) is 51.3 Å². The van der Waals surface area contributed by atoms with Crippen LogP contribution in [0.5, 0.6) is 5.75 Å². The Bertz CT molecular complexity index is 526. The van der Waals surface area contributed by atoms with Crippen molar-refractivity contribution in [2.75, 3.05) is 12.5 Å². The van der Waals surface area contributed by atoms with E-state index in [1.807, 2.05) is 25.1 Å². The van der Waals surface area contributed by atoms with Gasteiger partial charge in [0.25, 0.3) is 0 Å². The maximum absolute atomic E-state index is 5.93. The third-order valence-electron chi connectivity index (χ3n) is 3.40. The second-order valence-corrected chi connectivity index (χ2v) is 6.05. The minimum atomic E-state index is -0.0252. The average molecular weight is 293 g/mol. The van der Waals surface area contributed by atoms with E-state index < -0.39 is 0 Å². The molecule has 0 N–H and O–H groups in total. The van der Waals surface area contributed by atoms with Crippen LogP contribution in [0.4, 0.5) is 0 Å². The molecule has 1 aliphatic rings. The van der Waals surface area contributed by atoms with Crippen LogP contribution in [-0.4, -0.2) is 24.2 Å². The van der Waals surface area contributed by atoms with Gasteiger partial charge in [-0.25, -0.2) is 0 Å². The molecule has 0 saturated carbocycles. The van der Waals surface area contributed by atoms with Crippen molar-refractivity contribution in [3.05, 3.63) is 29.3 Å². The molecule has 1 aliphatic heterocycles. The predicted octanol–water partition coefficient (Wildman–Crippen LogP) is 3.92. The topological polar surface area (TPSA) is 18.5 Å². The number of rotatable bonds is 3. The van der Waals surface area contributed by atoms with Gasteiger partial charge in [-0.2, -0.15) is 0 Å². The first-order chi connectivity index (χ1) is 9.50. The molecule has 1 aromatic rings. The van der Waals surface area contributed by atoms with Crippen LogP contribution >= 0.6 is 11.6 Å². The van der Waals surface area contributed by atoms with Gasteiger partial charge in [0.15, 0.2) is 0 Å². The second-order valence-electron chi connectivity index (χ2n) is 5.78. The summed E-state index contributed by atoms with van der Waals surface area (Å²) in [6.07, 6.45) is 2.29. The lowest BCUT2D eigenvalue weighted by atomic mass is 10.1. The van der Waals surface area contributed by atoms with Gasteiger partial charge >= 0.3 is 0 Å². The Morgan fingerprint density at radius 3 is 2.90 bits per heavy atom. The Kier molecular flexibility index (Phi) is 4.96. The Hall–Kier alpha value is -1.17. The summed E-state index contributed by atoms with van der Waals surface area (Å²) in [6.45, 7) is 6.85. The van der Waals surface area contributed by atoms with E-state index in [0.29, 0.717) is 12.5 Å². The second kappa shape index (κ2) is 6.52. The summed E-state index contributed by atoms with van der Waals surface area (Å²) in [6, 6.07) is 6.02. The molecule has 1 heterocycles. The number of ether oxygens (including phenoxy) is 2. The summed E-state index contributed by atoms with van der Waals surface area (Å²) < 4.78 is 11.8. The van der Waals surface area contributed by atoms with Crippen LogP contribution < -0.4 is 4.74 Å². The summed E-state index contributed by atoms with van der Waals surface area (Å²) >= 11 is 5.62. The number of aryl methyl sites for hydroxylation is 1. The molecule has 3 heteroatoms. The smallest absolute Gasteiger partial charge is 0.135 e. The zero-order chi connectivity index (χ0) is 14.6. The fourth-order valence-corrected chi connectivity index (χ4v) is 2.44. The fourth-order valence-electron chi connectivity index (χ4n) is 2.37. The zero-order valence-electron chi connectivity index (χ0n) is 12.3. The van der Waals surface area contributed by atoms with Crippen LogP contribution in [-0.2, 0) is 4.74 Å². The van der Waals surface area contributed by atoms with Gasteiger partial charge in [0.05, 0.1) is 23.1 Å². The van der Waals surface area contributed by atoms with E-state index in [1.165, 1.54) is 0 Å². The maximum Gasteiger partial charge on any atom is 0.135 e. The molecule has 1 aromatic carbocycles. The third kappa shape index (κ3) is 4.16. The van der Waals surface area contributed by atoms with Crippen molar-refractivity contribution < 1.29 is 9.47 Å². The number of benzene rings is 1. The minimum Gasteiger partial charge on any atom is -0.490 e. The van der Waals surface area contributed by atoms with Crippen molar-refractivity contribution in [1.29, 1.82) is 0 Å². The van der Waals surface area contributed by atoms with Gasteiger partial charge in [0.2, 0.25) is 0 Å². The van der Waals surface area contributed by atoms with E-state index in [0.717, 1.165) is 29.7 Å². The van der Waals surface area contributed by atoms with Gasteiger partial charge in [0, 0.05) is 0 Å². The van der Waals surface area contributed by atoms with E-state index in [-0.39, 0.29) is 11.7 Å². The van der Waals surface area contributed by atoms with Crippen LogP contribution in [0, 0.1) is 18.8 Å². The van der Waals surface area contributed by atoms with Gasteiger partial charge in [0.1, 0.15) is 12.4 Å². The summed E-state index contributed by atoms with van der Waals surface area (Å²) in [5.41, 5.74) is 2.03. The highest BCUT2D eigenvalue weighted by atomic mass is 35.5. The summed E-state index contributed by atoms with van der Waals surface area (Å²) in [5, 5.41) is 0. The normalized spacial score (nSPS) is 20.3. The molecule has 20 heavy (non-hydrogen) atoms. The number of alkyl halides is 1. The number of hydrogen-bond donors (Lipinski definition) is 0. The highest BCUT2D eigenvalue weighted by molar-refractivity contribution is 6.19. The summed E-state index contributed by atoms with van der Waals surface area (Å²) in [5.74, 6) is 7.06. The Balaban J connectivity index is 2.02. The quantitative estimate of drug-likeness (QED) is 0.621. The van der Waals surface area contributed by atoms with Crippen LogP contribution in [0.2, 0.25) is 0 Å². The van der Waals surface area contributed by atoms with E-state index in [1.54, 1.807) is 0 Å². The Morgan fingerprint density at radius 1 is 1.45 bits per heavy atom. The van der Waals surface area contributed by atoms with Crippen molar-refractivity contribution in [1.82, 2.24) is 0 Å². The lowest BCUT2D eigenvalue weighted by molar-refractivity contribution is -0.0326. The van der Waals surface area contributed by atoms with Crippen LogP contribution in [0.15, 0.2) is 18.2 Å². The monoisotopic (exact) mass is 292 g/mol. The third-order valence-corrected chi connectivity index (χ3v) is 3.54. The van der Waals surface area contributed by atoms with Crippen molar-refractivity contribution in [2.45, 2.75) is 45.3 Å². The summed E-state index contributed by atoms with van der Waals surface area (Å²) in [7, 11) is 0. The van der Waals surface area contributed by atoms with Crippen molar-refractivity contribution in [2.24, 2.45) is 0 Å². The molecule has 0 aromatic heterocycles. The first kappa shape index (κ1) is 15.2. The molecular weight excluding hydrogens is 272 g/mol. The first-order valence-electron chi connectivity index (χ1n) is 6.96. The molecule has 2 nitrogen and oxygen atoms in total. The minimum absolute atomic E-state index is 0.0252. The van der Waals surface area contributed by atoms with Crippen molar-refractivity contribution in [3.63, 3.8) is 0 Å². The molecule has 1 unspecified atom stereocenters. The molecule has 2 rings (SSSR count). The van der Waals surface area contributed by atoms with Gasteiger partial charge < -0.3 is 9.47 Å². The molecule has 0 radical (unpaired) electrons. The maximum atomic E-state index is 5.93. The molecule has 1 saturated heterocycles. The van der Waals surface area contributed by atoms with Crippen LogP contribution in [0.3, 0.4) is 0 Å². The molecular formula is C17H21ClO2. The fraction of sp³-hybridized carbons (Fsp3) is 0.529. The van der Waals surface area contributed by atoms with E-state index in [9.17, 15) is 0 Å². The standard InChI is InChI=1S/C17H21ClO2/c1-13-6-7-16(14(11-13)5-4-10-18)19-12-15-8-9-17(2,3)20-15/h6-7,11,15H,8-10,12H2,1-3H3. The molecule has 1 atom stereocenters. The number of halogens is 1. The molecule has 1 fully saturated rings. The van der Waals surface area contributed by atoms with E-state index in [4.69, 9.17) is 21.1 Å². The largest absolute Gasteiger partial charge is 0.490 e. The average Bonchev–Trinajstić information content (AvgIpc) is 2.75. The van der Waals surface area contributed by atoms with Gasteiger partial charge in [-0.15, -0.1) is 11.6 Å². The molecule has 0 bridgehead atoms. The van der Waals surface area contributed by atoms with Crippen LogP contribution in [0.1, 0.15) is 37.8 Å². The number of hydrogen-bond acceptors (Lipinski definition) is 2. The Morgan fingerprint density at radius 2 is 2.25 bits per heavy atom. The van der Waals surface area contributed by atoms with E-state index in [2.05, 4.69) is 25.7 Å². The Labute approximate surface area is 126 Å². The SMILES string of the molecule is Cc1ccc(OCC2CCC(C)(C)O2)c(C#CCCl)c1. The lowest BCUT2D eigenvalue weighted by Crippen LogP contribution is -2.24. The van der Waals surface area contributed by atoms with Gasteiger partial charge in [-0.1, -0.05) is 17.9 Å². The van der Waals surface area contributed by atoms with Crippen molar-refractivity contribution in [3.8, 4) is 17.6 Å². The zero-order valence-corrected chi connectivity index (χ0v) is 13.1. The van der Waals surface area contributed by atoms with E-state index >= 15 is 0 Å².